The molecule has 1 N–H and O–H groups in total. The second kappa shape index (κ2) is 11.0. The highest BCUT2D eigenvalue weighted by atomic mass is 35.5. The van der Waals surface area contributed by atoms with Crippen molar-refractivity contribution in [1.82, 2.24) is 0 Å². The summed E-state index contributed by atoms with van der Waals surface area (Å²) in [6.07, 6.45) is 1.84. The Bertz CT molecular complexity index is 1270. The maximum atomic E-state index is 13.4. The van der Waals surface area contributed by atoms with Crippen molar-refractivity contribution in [3.8, 4) is 0 Å². The van der Waals surface area contributed by atoms with Crippen LogP contribution in [0.5, 0.6) is 0 Å². The van der Waals surface area contributed by atoms with Crippen LogP contribution in [-0.2, 0) is 10.5 Å². The minimum absolute atomic E-state index is 0.171. The van der Waals surface area contributed by atoms with E-state index in [9.17, 15) is 4.79 Å². The van der Waals surface area contributed by atoms with E-state index in [2.05, 4.69) is 29.6 Å². The van der Waals surface area contributed by atoms with Crippen molar-refractivity contribution in [2.45, 2.75) is 17.6 Å². The normalized spacial score (nSPS) is 11.3. The van der Waals surface area contributed by atoms with Gasteiger partial charge in [0.2, 0.25) is 0 Å². The zero-order chi connectivity index (χ0) is 23.0. The number of anilines is 1. The summed E-state index contributed by atoms with van der Waals surface area (Å²) in [6, 6.07) is 33.7. The number of hydrogen-bond acceptors (Lipinski definition) is 2. The number of aryl methyl sites for hydroxylation is 1. The third-order valence-corrected chi connectivity index (χ3v) is 6.65. The molecule has 4 aromatic rings. The van der Waals surface area contributed by atoms with Crippen molar-refractivity contribution >= 4 is 46.6 Å². The first kappa shape index (κ1) is 22.9. The number of carbonyl (C=O) groups excluding carboxylic acids is 1. The van der Waals surface area contributed by atoms with E-state index >= 15 is 0 Å². The van der Waals surface area contributed by atoms with Crippen molar-refractivity contribution in [1.29, 1.82) is 0 Å². The van der Waals surface area contributed by atoms with Crippen LogP contribution in [0.3, 0.4) is 0 Å². The molecule has 0 heterocycles. The van der Waals surface area contributed by atoms with E-state index in [1.807, 2.05) is 91.9 Å². The number of thioether (sulfide) groups is 1. The molecule has 0 fully saturated rings. The zero-order valence-electron chi connectivity index (χ0n) is 18.3. The van der Waals surface area contributed by atoms with Crippen LogP contribution >= 0.6 is 23.4 Å². The molecule has 0 atom stereocenters. The predicted molar refractivity (Wildman–Crippen MR) is 142 cm³/mol. The van der Waals surface area contributed by atoms with Crippen LogP contribution in [0.4, 0.5) is 5.69 Å². The fourth-order valence-corrected chi connectivity index (χ4v) is 4.53. The Hall–Kier alpha value is -3.27. The molecular formula is C29H24ClNOS. The standard InChI is InChI=1S/C29H24ClNOS/c1-21-18-22(20-33-25-13-6-3-7-14-25)16-17-28(21)31-29(32)26(23-10-4-2-5-11-23)19-24-12-8-9-15-27(24)30/h2-19H,20H2,1H3,(H,31,32)/b26-19+. The monoisotopic (exact) mass is 469 g/mol. The number of benzene rings is 4. The fraction of sp³-hybridized carbons (Fsp3) is 0.0690. The van der Waals surface area contributed by atoms with E-state index in [0.29, 0.717) is 10.6 Å². The van der Waals surface area contributed by atoms with Gasteiger partial charge in [0.1, 0.15) is 0 Å². The van der Waals surface area contributed by atoms with E-state index < -0.39 is 0 Å². The lowest BCUT2D eigenvalue weighted by Crippen LogP contribution is -2.14. The molecule has 0 aliphatic carbocycles. The summed E-state index contributed by atoms with van der Waals surface area (Å²) >= 11 is 8.16. The molecule has 0 radical (unpaired) electrons. The third kappa shape index (κ3) is 6.16. The summed E-state index contributed by atoms with van der Waals surface area (Å²) in [7, 11) is 0. The quantitative estimate of drug-likeness (QED) is 0.168. The average molecular weight is 470 g/mol. The lowest BCUT2D eigenvalue weighted by Gasteiger charge is -2.13. The molecule has 4 rings (SSSR count). The first-order valence-electron chi connectivity index (χ1n) is 10.7. The van der Waals surface area contributed by atoms with Crippen molar-refractivity contribution in [2.75, 3.05) is 5.32 Å². The molecule has 0 spiro atoms. The maximum absolute atomic E-state index is 13.4. The third-order valence-electron chi connectivity index (χ3n) is 5.22. The lowest BCUT2D eigenvalue weighted by atomic mass is 10.0. The summed E-state index contributed by atoms with van der Waals surface area (Å²) < 4.78 is 0. The van der Waals surface area contributed by atoms with Crippen molar-refractivity contribution in [3.05, 3.63) is 130 Å². The minimum atomic E-state index is -0.171. The van der Waals surface area contributed by atoms with Gasteiger partial charge in [-0.25, -0.2) is 0 Å². The fourth-order valence-electron chi connectivity index (χ4n) is 3.47. The molecule has 4 heteroatoms. The van der Waals surface area contributed by atoms with Crippen LogP contribution in [0.15, 0.2) is 108 Å². The van der Waals surface area contributed by atoms with E-state index in [1.165, 1.54) is 10.5 Å². The van der Waals surface area contributed by atoms with Gasteiger partial charge in [-0.1, -0.05) is 90.5 Å². The molecule has 164 valence electrons. The van der Waals surface area contributed by atoms with E-state index in [0.717, 1.165) is 28.1 Å². The number of nitrogens with one attached hydrogen (secondary N) is 1. The van der Waals surface area contributed by atoms with Crippen LogP contribution in [0.1, 0.15) is 22.3 Å². The highest BCUT2D eigenvalue weighted by Gasteiger charge is 2.14. The molecule has 4 aromatic carbocycles. The lowest BCUT2D eigenvalue weighted by molar-refractivity contribution is -0.111. The topological polar surface area (TPSA) is 29.1 Å². The summed E-state index contributed by atoms with van der Waals surface area (Å²) in [5, 5.41) is 3.70. The Morgan fingerprint density at radius 3 is 2.24 bits per heavy atom. The first-order chi connectivity index (χ1) is 16.1. The minimum Gasteiger partial charge on any atom is -0.322 e. The van der Waals surface area contributed by atoms with Crippen LogP contribution in [0.25, 0.3) is 11.6 Å². The molecule has 0 saturated heterocycles. The summed E-state index contributed by atoms with van der Waals surface area (Å²) in [6.45, 7) is 2.02. The summed E-state index contributed by atoms with van der Waals surface area (Å²) in [5.74, 6) is 0.705. The van der Waals surface area contributed by atoms with E-state index in [4.69, 9.17) is 11.6 Å². The Balaban J connectivity index is 1.55. The van der Waals surface area contributed by atoms with Crippen molar-refractivity contribution in [3.63, 3.8) is 0 Å². The average Bonchev–Trinajstić information content (AvgIpc) is 2.85. The van der Waals surface area contributed by atoms with Crippen LogP contribution < -0.4 is 5.32 Å². The number of halogens is 1. The highest BCUT2D eigenvalue weighted by Crippen LogP contribution is 2.27. The Labute approximate surface area is 204 Å². The second-order valence-corrected chi connectivity index (χ2v) is 9.11. The Kier molecular flexibility index (Phi) is 7.66. The molecular weight excluding hydrogens is 446 g/mol. The molecule has 0 aromatic heterocycles. The maximum Gasteiger partial charge on any atom is 0.256 e. The Morgan fingerprint density at radius 1 is 0.879 bits per heavy atom. The van der Waals surface area contributed by atoms with Gasteiger partial charge in [-0.05, 0) is 59.5 Å². The van der Waals surface area contributed by atoms with Crippen molar-refractivity contribution in [2.24, 2.45) is 0 Å². The van der Waals surface area contributed by atoms with E-state index in [1.54, 1.807) is 11.8 Å². The van der Waals surface area contributed by atoms with Gasteiger partial charge in [0, 0.05) is 26.9 Å². The van der Waals surface area contributed by atoms with Gasteiger partial charge < -0.3 is 5.32 Å². The molecule has 0 aliphatic heterocycles. The number of amides is 1. The molecule has 0 saturated carbocycles. The van der Waals surface area contributed by atoms with Gasteiger partial charge in [0.05, 0.1) is 0 Å². The smallest absolute Gasteiger partial charge is 0.256 e. The van der Waals surface area contributed by atoms with Crippen LogP contribution in [-0.4, -0.2) is 5.91 Å². The van der Waals surface area contributed by atoms with Gasteiger partial charge >= 0.3 is 0 Å². The largest absolute Gasteiger partial charge is 0.322 e. The molecule has 0 unspecified atom stereocenters. The number of carbonyl (C=O) groups is 1. The van der Waals surface area contributed by atoms with Gasteiger partial charge in [-0.2, -0.15) is 0 Å². The number of rotatable bonds is 7. The van der Waals surface area contributed by atoms with E-state index in [-0.39, 0.29) is 5.91 Å². The molecule has 2 nitrogen and oxygen atoms in total. The molecule has 0 bridgehead atoms. The zero-order valence-corrected chi connectivity index (χ0v) is 19.9. The molecule has 1 amide bonds. The molecule has 33 heavy (non-hydrogen) atoms. The van der Waals surface area contributed by atoms with Gasteiger partial charge in [0.15, 0.2) is 0 Å². The highest BCUT2D eigenvalue weighted by molar-refractivity contribution is 7.98. The second-order valence-electron chi connectivity index (χ2n) is 7.65. The Morgan fingerprint density at radius 2 is 1.55 bits per heavy atom. The summed E-state index contributed by atoms with van der Waals surface area (Å²) in [5.41, 5.74) is 5.25. The van der Waals surface area contributed by atoms with Crippen LogP contribution in [0, 0.1) is 6.92 Å². The van der Waals surface area contributed by atoms with Gasteiger partial charge in [-0.3, -0.25) is 4.79 Å². The van der Waals surface area contributed by atoms with Crippen molar-refractivity contribution < 1.29 is 4.79 Å². The molecule has 0 aliphatic rings. The summed E-state index contributed by atoms with van der Waals surface area (Å²) in [4.78, 5) is 14.6. The SMILES string of the molecule is Cc1cc(CSc2ccccc2)ccc1NC(=O)/C(=C/c1ccccc1Cl)c1ccccc1. The predicted octanol–water partition coefficient (Wildman–Crippen LogP) is 8.12. The van der Waals surface area contributed by atoms with Gasteiger partial charge in [-0.15, -0.1) is 11.8 Å². The number of hydrogen-bond donors (Lipinski definition) is 1. The van der Waals surface area contributed by atoms with Crippen LogP contribution in [0.2, 0.25) is 5.02 Å². The first-order valence-corrected chi connectivity index (χ1v) is 12.1. The van der Waals surface area contributed by atoms with Gasteiger partial charge in [0.25, 0.3) is 5.91 Å².